The highest BCUT2D eigenvalue weighted by Crippen LogP contribution is 2.38. The lowest BCUT2D eigenvalue weighted by atomic mass is 9.71. The van der Waals surface area contributed by atoms with Crippen molar-refractivity contribution < 1.29 is 0 Å². The van der Waals surface area contributed by atoms with Crippen LogP contribution in [0, 0.1) is 5.92 Å². The molecule has 0 aromatic carbocycles. The Balaban J connectivity index is 2.09. The van der Waals surface area contributed by atoms with Crippen LogP contribution in [0.4, 0.5) is 0 Å². The summed E-state index contributed by atoms with van der Waals surface area (Å²) in [5, 5.41) is 4.38. The fourth-order valence-electron chi connectivity index (χ4n) is 3.26. The fourth-order valence-corrected chi connectivity index (χ4v) is 3.95. The second-order valence-electron chi connectivity index (χ2n) is 6.12. The van der Waals surface area contributed by atoms with Crippen LogP contribution in [0.25, 0.3) is 0 Å². The van der Waals surface area contributed by atoms with E-state index in [1.54, 1.807) is 11.3 Å². The molecule has 1 unspecified atom stereocenters. The first-order valence-electron chi connectivity index (χ1n) is 6.98. The fraction of sp³-hybridized carbons (Fsp3) is 0.733. The van der Waals surface area contributed by atoms with E-state index < -0.39 is 0 Å². The Morgan fingerprint density at radius 3 is 2.61 bits per heavy atom. The lowest BCUT2D eigenvalue weighted by molar-refractivity contribution is 0.0568. The molecule has 0 aliphatic heterocycles. The molecule has 1 saturated carbocycles. The molecule has 1 aromatic rings. The van der Waals surface area contributed by atoms with Crippen molar-refractivity contribution in [3.05, 3.63) is 22.4 Å². The second kappa shape index (κ2) is 5.72. The maximum Gasteiger partial charge on any atom is 0.0357 e. The predicted molar refractivity (Wildman–Crippen MR) is 80.0 cm³/mol. The van der Waals surface area contributed by atoms with E-state index in [-0.39, 0.29) is 11.6 Å². The van der Waals surface area contributed by atoms with E-state index in [4.69, 9.17) is 5.73 Å². The van der Waals surface area contributed by atoms with Crippen molar-refractivity contribution in [1.82, 2.24) is 4.90 Å². The lowest BCUT2D eigenvalue weighted by Crippen LogP contribution is -2.59. The monoisotopic (exact) mass is 266 g/mol. The van der Waals surface area contributed by atoms with Crippen LogP contribution in [0.5, 0.6) is 0 Å². The van der Waals surface area contributed by atoms with Gasteiger partial charge in [-0.15, -0.1) is 0 Å². The molecule has 102 valence electrons. The first-order chi connectivity index (χ1) is 8.54. The van der Waals surface area contributed by atoms with Gasteiger partial charge in [-0.05, 0) is 74.5 Å². The van der Waals surface area contributed by atoms with Crippen LogP contribution in [-0.4, -0.2) is 30.6 Å². The van der Waals surface area contributed by atoms with Crippen molar-refractivity contribution in [2.45, 2.75) is 50.6 Å². The van der Waals surface area contributed by atoms with Crippen LogP contribution in [0.2, 0.25) is 0 Å². The average molecular weight is 266 g/mol. The molecule has 0 saturated heterocycles. The summed E-state index contributed by atoms with van der Waals surface area (Å²) < 4.78 is 0. The van der Waals surface area contributed by atoms with Gasteiger partial charge in [0.1, 0.15) is 0 Å². The molecule has 3 heteroatoms. The molecule has 2 rings (SSSR count). The first-order valence-corrected chi connectivity index (χ1v) is 7.93. The minimum Gasteiger partial charge on any atom is -0.326 e. The van der Waals surface area contributed by atoms with Crippen molar-refractivity contribution in [3.63, 3.8) is 0 Å². The maximum absolute atomic E-state index is 6.58. The van der Waals surface area contributed by atoms with Gasteiger partial charge in [0.15, 0.2) is 0 Å². The van der Waals surface area contributed by atoms with Crippen LogP contribution in [0.15, 0.2) is 16.8 Å². The minimum absolute atomic E-state index is 0.203. The van der Waals surface area contributed by atoms with Gasteiger partial charge in [0.2, 0.25) is 0 Å². The maximum atomic E-state index is 6.58. The number of hydrogen-bond donors (Lipinski definition) is 1. The summed E-state index contributed by atoms with van der Waals surface area (Å²) >= 11 is 1.77. The summed E-state index contributed by atoms with van der Waals surface area (Å²) in [5.74, 6) is 0.867. The number of nitrogens with two attached hydrogens (primary N) is 1. The van der Waals surface area contributed by atoms with Crippen molar-refractivity contribution in [2.75, 3.05) is 14.1 Å². The van der Waals surface area contributed by atoms with Crippen molar-refractivity contribution >= 4 is 11.3 Å². The molecule has 0 bridgehead atoms. The summed E-state index contributed by atoms with van der Waals surface area (Å²) in [6.07, 6.45) is 6.13. The van der Waals surface area contributed by atoms with Crippen molar-refractivity contribution in [3.8, 4) is 0 Å². The highest BCUT2D eigenvalue weighted by molar-refractivity contribution is 7.07. The van der Waals surface area contributed by atoms with Gasteiger partial charge in [-0.1, -0.05) is 6.92 Å². The highest BCUT2D eigenvalue weighted by atomic mass is 32.1. The molecule has 1 aliphatic carbocycles. The molecule has 2 N–H and O–H groups in total. The van der Waals surface area contributed by atoms with Crippen LogP contribution in [0.1, 0.15) is 38.2 Å². The molecular weight excluding hydrogens is 240 g/mol. The Bertz CT molecular complexity index is 351. The molecule has 2 nitrogen and oxygen atoms in total. The summed E-state index contributed by atoms with van der Waals surface area (Å²) in [7, 11) is 4.40. The molecule has 1 heterocycles. The number of rotatable bonds is 4. The molecule has 0 amide bonds. The minimum atomic E-state index is 0.203. The predicted octanol–water partition coefficient (Wildman–Crippen LogP) is 3.13. The molecule has 0 radical (unpaired) electrons. The highest BCUT2D eigenvalue weighted by Gasteiger charge is 2.41. The van der Waals surface area contributed by atoms with Gasteiger partial charge in [0.25, 0.3) is 0 Å². The third-order valence-corrected chi connectivity index (χ3v) is 5.49. The van der Waals surface area contributed by atoms with Gasteiger partial charge >= 0.3 is 0 Å². The number of likely N-dealkylation sites (N-methyl/N-ethyl adjacent to an activating group) is 1. The third kappa shape index (κ3) is 2.79. The first kappa shape index (κ1) is 14.0. The molecule has 1 aliphatic rings. The van der Waals surface area contributed by atoms with Gasteiger partial charge in [0, 0.05) is 11.6 Å². The Morgan fingerprint density at radius 2 is 2.11 bits per heavy atom. The van der Waals surface area contributed by atoms with Crippen LogP contribution < -0.4 is 5.73 Å². The zero-order valence-corrected chi connectivity index (χ0v) is 12.7. The molecule has 1 atom stereocenters. The van der Waals surface area contributed by atoms with E-state index in [0.717, 1.165) is 12.3 Å². The average Bonchev–Trinajstić information content (AvgIpc) is 2.82. The Hall–Kier alpha value is -0.380. The molecular formula is C15H26N2S. The lowest BCUT2D eigenvalue weighted by Gasteiger charge is -2.48. The zero-order chi connectivity index (χ0) is 13.2. The van der Waals surface area contributed by atoms with Gasteiger partial charge in [-0.2, -0.15) is 11.3 Å². The van der Waals surface area contributed by atoms with Crippen molar-refractivity contribution in [2.24, 2.45) is 11.7 Å². The van der Waals surface area contributed by atoms with E-state index in [2.05, 4.69) is 42.7 Å². The number of thiophene rings is 1. The van der Waals surface area contributed by atoms with E-state index in [1.165, 1.54) is 31.2 Å². The van der Waals surface area contributed by atoms with Gasteiger partial charge < -0.3 is 10.6 Å². The summed E-state index contributed by atoms with van der Waals surface area (Å²) in [6, 6.07) is 2.45. The second-order valence-corrected chi connectivity index (χ2v) is 6.90. The molecule has 1 fully saturated rings. The standard InChI is InChI=1S/C15H26N2S/c1-12-4-7-15(8-5-12,17(2)3)14(16)10-13-6-9-18-11-13/h6,9,11-12,14H,4-5,7-8,10,16H2,1-3H3. The summed E-state index contributed by atoms with van der Waals surface area (Å²) in [5.41, 5.74) is 8.18. The van der Waals surface area contributed by atoms with Gasteiger partial charge in [-0.3, -0.25) is 0 Å². The topological polar surface area (TPSA) is 29.3 Å². The Morgan fingerprint density at radius 1 is 1.44 bits per heavy atom. The third-order valence-electron chi connectivity index (χ3n) is 4.76. The van der Waals surface area contributed by atoms with E-state index >= 15 is 0 Å². The SMILES string of the molecule is CC1CCC(C(N)Cc2ccsc2)(N(C)C)CC1. The van der Waals surface area contributed by atoms with Gasteiger partial charge in [0.05, 0.1) is 0 Å². The summed E-state index contributed by atoms with van der Waals surface area (Å²) in [4.78, 5) is 2.38. The van der Waals surface area contributed by atoms with E-state index in [9.17, 15) is 0 Å². The molecule has 0 spiro atoms. The zero-order valence-electron chi connectivity index (χ0n) is 11.9. The van der Waals surface area contributed by atoms with E-state index in [0.29, 0.717) is 0 Å². The number of hydrogen-bond acceptors (Lipinski definition) is 3. The molecule has 1 aromatic heterocycles. The summed E-state index contributed by atoms with van der Waals surface area (Å²) in [6.45, 7) is 2.37. The number of nitrogens with zero attached hydrogens (tertiary/aromatic N) is 1. The van der Waals surface area contributed by atoms with Crippen molar-refractivity contribution in [1.29, 1.82) is 0 Å². The smallest absolute Gasteiger partial charge is 0.0357 e. The van der Waals surface area contributed by atoms with E-state index in [1.807, 2.05) is 0 Å². The van der Waals surface area contributed by atoms with Crippen LogP contribution >= 0.6 is 11.3 Å². The quantitative estimate of drug-likeness (QED) is 0.907. The molecule has 18 heavy (non-hydrogen) atoms. The van der Waals surface area contributed by atoms with Gasteiger partial charge in [-0.25, -0.2) is 0 Å². The Kier molecular flexibility index (Phi) is 4.46. The normalized spacial score (nSPS) is 30.6. The largest absolute Gasteiger partial charge is 0.326 e. The Labute approximate surface area is 115 Å². The van der Waals surface area contributed by atoms with Crippen LogP contribution in [0.3, 0.4) is 0 Å². The van der Waals surface area contributed by atoms with Crippen LogP contribution in [-0.2, 0) is 6.42 Å².